The molecule has 1 aromatic heterocycles. The first-order chi connectivity index (χ1) is 5.68. The fourth-order valence-electron chi connectivity index (χ4n) is 1.01. The van der Waals surface area contributed by atoms with Crippen molar-refractivity contribution in [1.29, 1.82) is 0 Å². The van der Waals surface area contributed by atoms with Crippen LogP contribution in [0.15, 0.2) is 18.7 Å². The van der Waals surface area contributed by atoms with Crippen LogP contribution in [0.2, 0.25) is 0 Å². The van der Waals surface area contributed by atoms with Crippen molar-refractivity contribution in [3.05, 3.63) is 18.7 Å². The second kappa shape index (κ2) is 3.90. The van der Waals surface area contributed by atoms with Gasteiger partial charge in [0.1, 0.15) is 6.10 Å². The van der Waals surface area contributed by atoms with Gasteiger partial charge in [-0.15, -0.1) is 0 Å². The number of carbonyl (C=O) groups is 1. The van der Waals surface area contributed by atoms with Gasteiger partial charge in [-0.25, -0.2) is 4.98 Å². The van der Waals surface area contributed by atoms with E-state index in [1.165, 1.54) is 6.92 Å². The zero-order chi connectivity index (χ0) is 8.97. The summed E-state index contributed by atoms with van der Waals surface area (Å²) in [4.78, 5) is 14.4. The Hall–Kier alpha value is -1.32. The number of rotatable bonds is 3. The molecule has 0 aliphatic heterocycles. The summed E-state index contributed by atoms with van der Waals surface area (Å²) >= 11 is 0. The zero-order valence-electron chi connectivity index (χ0n) is 7.23. The number of aromatic nitrogens is 2. The summed E-state index contributed by atoms with van der Waals surface area (Å²) in [6.45, 7) is 3.91. The summed E-state index contributed by atoms with van der Waals surface area (Å²) in [7, 11) is 0. The van der Waals surface area contributed by atoms with Gasteiger partial charge in [-0.1, -0.05) is 0 Å². The average molecular weight is 168 g/mol. The van der Waals surface area contributed by atoms with Crippen LogP contribution in [0.25, 0.3) is 0 Å². The Kier molecular flexibility index (Phi) is 2.85. The number of imidazole rings is 1. The molecular weight excluding hydrogens is 156 g/mol. The average Bonchev–Trinajstić information content (AvgIpc) is 2.37. The number of carbonyl (C=O) groups excluding carboxylic acids is 1. The van der Waals surface area contributed by atoms with E-state index in [-0.39, 0.29) is 12.1 Å². The van der Waals surface area contributed by atoms with Crippen LogP contribution in [-0.4, -0.2) is 21.6 Å². The highest BCUT2D eigenvalue weighted by Gasteiger charge is 2.04. The Labute approximate surface area is 71.2 Å². The minimum atomic E-state index is -0.248. The van der Waals surface area contributed by atoms with E-state index in [9.17, 15) is 4.79 Å². The molecule has 0 aromatic carbocycles. The van der Waals surface area contributed by atoms with Gasteiger partial charge in [-0.2, -0.15) is 0 Å². The topological polar surface area (TPSA) is 44.1 Å². The van der Waals surface area contributed by atoms with Crippen LogP contribution in [0.4, 0.5) is 0 Å². The molecule has 1 rings (SSSR count). The van der Waals surface area contributed by atoms with Crippen molar-refractivity contribution in [3.8, 4) is 0 Å². The Morgan fingerprint density at radius 2 is 2.50 bits per heavy atom. The lowest BCUT2D eigenvalue weighted by atomic mass is 10.4. The lowest BCUT2D eigenvalue weighted by Gasteiger charge is -2.11. The highest BCUT2D eigenvalue weighted by molar-refractivity contribution is 5.66. The molecule has 4 nitrogen and oxygen atoms in total. The van der Waals surface area contributed by atoms with Crippen molar-refractivity contribution in [2.75, 3.05) is 0 Å². The fraction of sp³-hybridized carbons (Fsp3) is 0.500. The molecule has 0 saturated carbocycles. The van der Waals surface area contributed by atoms with E-state index in [0.717, 1.165) is 0 Å². The van der Waals surface area contributed by atoms with Crippen LogP contribution in [0.1, 0.15) is 13.8 Å². The summed E-state index contributed by atoms with van der Waals surface area (Å²) < 4.78 is 6.80. The molecule has 0 aliphatic carbocycles. The molecule has 0 aliphatic rings. The second-order valence-electron chi connectivity index (χ2n) is 2.68. The molecule has 4 heteroatoms. The van der Waals surface area contributed by atoms with Crippen LogP contribution in [0, 0.1) is 0 Å². The van der Waals surface area contributed by atoms with E-state index in [1.807, 2.05) is 17.7 Å². The van der Waals surface area contributed by atoms with Gasteiger partial charge in [0.15, 0.2) is 0 Å². The first-order valence-corrected chi connectivity index (χ1v) is 3.81. The summed E-state index contributed by atoms with van der Waals surface area (Å²) in [6.07, 6.45) is 5.12. The lowest BCUT2D eigenvalue weighted by molar-refractivity contribution is -0.146. The second-order valence-corrected chi connectivity index (χ2v) is 2.68. The van der Waals surface area contributed by atoms with Crippen LogP contribution < -0.4 is 0 Å². The van der Waals surface area contributed by atoms with Gasteiger partial charge >= 0.3 is 5.97 Å². The molecule has 12 heavy (non-hydrogen) atoms. The quantitative estimate of drug-likeness (QED) is 0.628. The van der Waals surface area contributed by atoms with Crippen LogP contribution in [-0.2, 0) is 16.1 Å². The van der Waals surface area contributed by atoms with E-state index in [1.54, 1.807) is 12.5 Å². The van der Waals surface area contributed by atoms with Gasteiger partial charge in [0.2, 0.25) is 0 Å². The maximum absolute atomic E-state index is 10.5. The van der Waals surface area contributed by atoms with E-state index in [0.29, 0.717) is 6.54 Å². The number of hydrogen-bond donors (Lipinski definition) is 0. The van der Waals surface area contributed by atoms with E-state index in [2.05, 4.69) is 4.98 Å². The molecule has 0 bridgehead atoms. The molecule has 1 heterocycles. The molecule has 0 fully saturated rings. The van der Waals surface area contributed by atoms with Crippen molar-refractivity contribution in [1.82, 2.24) is 9.55 Å². The summed E-state index contributed by atoms with van der Waals surface area (Å²) in [5.41, 5.74) is 0. The maximum atomic E-state index is 10.5. The molecule has 1 aromatic rings. The summed E-state index contributed by atoms with van der Waals surface area (Å²) in [5.74, 6) is -0.248. The smallest absolute Gasteiger partial charge is 0.302 e. The van der Waals surface area contributed by atoms with Crippen molar-refractivity contribution >= 4 is 5.97 Å². The normalized spacial score (nSPS) is 12.5. The molecule has 66 valence electrons. The first-order valence-electron chi connectivity index (χ1n) is 3.81. The monoisotopic (exact) mass is 168 g/mol. The van der Waals surface area contributed by atoms with Crippen LogP contribution >= 0.6 is 0 Å². The van der Waals surface area contributed by atoms with Gasteiger partial charge < -0.3 is 9.30 Å². The predicted octanol–water partition coefficient (Wildman–Crippen LogP) is 0.835. The standard InChI is InChI=1S/C8H12N2O2/c1-7(12-8(2)11)5-10-4-3-9-6-10/h3-4,6-7H,5H2,1-2H3. The minimum Gasteiger partial charge on any atom is -0.461 e. The third-order valence-corrected chi connectivity index (χ3v) is 1.39. The molecule has 1 unspecified atom stereocenters. The third kappa shape index (κ3) is 2.74. The van der Waals surface area contributed by atoms with Gasteiger partial charge in [-0.3, -0.25) is 4.79 Å². The molecule has 1 atom stereocenters. The zero-order valence-corrected chi connectivity index (χ0v) is 7.23. The number of hydrogen-bond acceptors (Lipinski definition) is 3. The van der Waals surface area contributed by atoms with Crippen molar-refractivity contribution in [3.63, 3.8) is 0 Å². The van der Waals surface area contributed by atoms with Gasteiger partial charge in [-0.05, 0) is 6.92 Å². The van der Waals surface area contributed by atoms with Crippen molar-refractivity contribution in [2.24, 2.45) is 0 Å². The molecule has 0 N–H and O–H groups in total. The van der Waals surface area contributed by atoms with Gasteiger partial charge in [0, 0.05) is 19.3 Å². The molecule has 0 spiro atoms. The van der Waals surface area contributed by atoms with E-state index < -0.39 is 0 Å². The van der Waals surface area contributed by atoms with Gasteiger partial charge in [0.05, 0.1) is 12.9 Å². The Morgan fingerprint density at radius 3 is 3.00 bits per heavy atom. The highest BCUT2D eigenvalue weighted by atomic mass is 16.5. The first kappa shape index (κ1) is 8.77. The van der Waals surface area contributed by atoms with E-state index >= 15 is 0 Å². The largest absolute Gasteiger partial charge is 0.461 e. The van der Waals surface area contributed by atoms with Gasteiger partial charge in [0.25, 0.3) is 0 Å². The lowest BCUT2D eigenvalue weighted by Crippen LogP contribution is -2.18. The summed E-state index contributed by atoms with van der Waals surface area (Å²) in [5, 5.41) is 0. The van der Waals surface area contributed by atoms with Crippen molar-refractivity contribution in [2.45, 2.75) is 26.5 Å². The summed E-state index contributed by atoms with van der Waals surface area (Å²) in [6, 6.07) is 0. The molecule has 0 saturated heterocycles. The van der Waals surface area contributed by atoms with Crippen LogP contribution in [0.3, 0.4) is 0 Å². The fourth-order valence-corrected chi connectivity index (χ4v) is 1.01. The Morgan fingerprint density at radius 1 is 1.75 bits per heavy atom. The predicted molar refractivity (Wildman–Crippen MR) is 43.5 cm³/mol. The van der Waals surface area contributed by atoms with Crippen molar-refractivity contribution < 1.29 is 9.53 Å². The van der Waals surface area contributed by atoms with Crippen LogP contribution in [0.5, 0.6) is 0 Å². The molecule has 0 amide bonds. The Bertz CT molecular complexity index is 244. The van der Waals surface area contributed by atoms with E-state index in [4.69, 9.17) is 4.74 Å². The highest BCUT2D eigenvalue weighted by Crippen LogP contribution is 1.96. The molecular formula is C8H12N2O2. The number of ether oxygens (including phenoxy) is 1. The maximum Gasteiger partial charge on any atom is 0.302 e. The SMILES string of the molecule is CC(=O)OC(C)Cn1ccnc1. The number of nitrogens with zero attached hydrogens (tertiary/aromatic N) is 2. The number of esters is 1. The minimum absolute atomic E-state index is 0.100. The molecule has 0 radical (unpaired) electrons. The Balaban J connectivity index is 2.36. The third-order valence-electron chi connectivity index (χ3n) is 1.39.